The average molecular weight is 203 g/mol. The van der Waals surface area contributed by atoms with Gasteiger partial charge in [-0.3, -0.25) is 4.79 Å². The zero-order chi connectivity index (χ0) is 9.68. The van der Waals surface area contributed by atoms with Gasteiger partial charge in [-0.1, -0.05) is 6.92 Å². The van der Waals surface area contributed by atoms with Gasteiger partial charge in [0.05, 0.1) is 5.92 Å². The molecule has 2 unspecified atom stereocenters. The summed E-state index contributed by atoms with van der Waals surface area (Å²) in [6.45, 7) is 2.34. The molecule has 2 N–H and O–H groups in total. The van der Waals surface area contributed by atoms with E-state index in [0.717, 1.165) is 5.75 Å². The Labute approximate surface area is 83.3 Å². The van der Waals surface area contributed by atoms with E-state index in [2.05, 4.69) is 5.32 Å². The Morgan fingerprint density at radius 3 is 3.08 bits per heavy atom. The van der Waals surface area contributed by atoms with Crippen LogP contribution in [-0.2, 0) is 4.79 Å². The molecule has 0 aliphatic carbocycles. The van der Waals surface area contributed by atoms with Crippen LogP contribution in [0.4, 0.5) is 0 Å². The summed E-state index contributed by atoms with van der Waals surface area (Å²) in [7, 11) is 0. The van der Waals surface area contributed by atoms with Crippen molar-refractivity contribution in [2.24, 2.45) is 5.92 Å². The normalized spacial score (nSPS) is 25.5. The quantitative estimate of drug-likeness (QED) is 0.720. The third-order valence-corrected chi connectivity index (χ3v) is 3.51. The Morgan fingerprint density at radius 1 is 1.77 bits per heavy atom. The van der Waals surface area contributed by atoms with E-state index in [1.807, 2.05) is 11.8 Å². The van der Waals surface area contributed by atoms with Crippen molar-refractivity contribution in [3.05, 3.63) is 0 Å². The summed E-state index contributed by atoms with van der Waals surface area (Å²) in [5, 5.41) is 12.0. The predicted molar refractivity (Wildman–Crippen MR) is 55.1 cm³/mol. The summed E-state index contributed by atoms with van der Waals surface area (Å²) in [5.41, 5.74) is 0. The van der Waals surface area contributed by atoms with Crippen molar-refractivity contribution in [3.8, 4) is 0 Å². The Hall–Kier alpha value is -0.220. The van der Waals surface area contributed by atoms with Gasteiger partial charge >= 0.3 is 5.97 Å². The minimum atomic E-state index is -0.712. The summed E-state index contributed by atoms with van der Waals surface area (Å²) in [4.78, 5) is 10.5. The molecule has 4 heteroatoms. The SMILES string of the molecule is CC(CNC1CCCSC1)C(=O)O. The first kappa shape index (κ1) is 10.9. The zero-order valence-corrected chi connectivity index (χ0v) is 8.77. The first-order valence-corrected chi connectivity index (χ1v) is 5.89. The minimum Gasteiger partial charge on any atom is -0.481 e. The molecule has 0 spiro atoms. The molecule has 76 valence electrons. The summed E-state index contributed by atoms with van der Waals surface area (Å²) in [6.07, 6.45) is 2.45. The highest BCUT2D eigenvalue weighted by Crippen LogP contribution is 2.16. The van der Waals surface area contributed by atoms with Crippen molar-refractivity contribution >= 4 is 17.7 Å². The Morgan fingerprint density at radius 2 is 2.54 bits per heavy atom. The maximum Gasteiger partial charge on any atom is 0.307 e. The van der Waals surface area contributed by atoms with Gasteiger partial charge in [0.25, 0.3) is 0 Å². The number of thioether (sulfide) groups is 1. The highest BCUT2D eigenvalue weighted by Gasteiger charge is 2.16. The highest BCUT2D eigenvalue weighted by molar-refractivity contribution is 7.99. The second-order valence-electron chi connectivity index (χ2n) is 3.56. The number of hydrogen-bond donors (Lipinski definition) is 2. The number of hydrogen-bond acceptors (Lipinski definition) is 3. The van der Waals surface area contributed by atoms with Crippen LogP contribution < -0.4 is 5.32 Å². The van der Waals surface area contributed by atoms with E-state index in [1.165, 1.54) is 18.6 Å². The summed E-state index contributed by atoms with van der Waals surface area (Å²) in [6, 6.07) is 0.528. The number of rotatable bonds is 4. The van der Waals surface area contributed by atoms with Gasteiger partial charge in [-0.25, -0.2) is 0 Å². The van der Waals surface area contributed by atoms with Crippen LogP contribution in [-0.4, -0.2) is 35.2 Å². The van der Waals surface area contributed by atoms with E-state index >= 15 is 0 Å². The van der Waals surface area contributed by atoms with E-state index in [1.54, 1.807) is 6.92 Å². The molecule has 0 aromatic carbocycles. The lowest BCUT2D eigenvalue weighted by molar-refractivity contribution is -0.140. The number of carboxylic acid groups (broad SMARTS) is 1. The van der Waals surface area contributed by atoms with Crippen molar-refractivity contribution in [2.45, 2.75) is 25.8 Å². The van der Waals surface area contributed by atoms with Crippen molar-refractivity contribution < 1.29 is 9.90 Å². The number of aliphatic carboxylic acids is 1. The van der Waals surface area contributed by atoms with Gasteiger partial charge in [-0.2, -0.15) is 11.8 Å². The first-order chi connectivity index (χ1) is 6.20. The van der Waals surface area contributed by atoms with Crippen LogP contribution in [0.25, 0.3) is 0 Å². The van der Waals surface area contributed by atoms with E-state index in [4.69, 9.17) is 5.11 Å². The van der Waals surface area contributed by atoms with Crippen LogP contribution in [0, 0.1) is 5.92 Å². The lowest BCUT2D eigenvalue weighted by Crippen LogP contribution is -2.38. The molecule has 0 amide bonds. The molecule has 3 nitrogen and oxygen atoms in total. The van der Waals surface area contributed by atoms with Crippen molar-refractivity contribution in [2.75, 3.05) is 18.1 Å². The van der Waals surface area contributed by atoms with Gasteiger partial charge in [0.2, 0.25) is 0 Å². The van der Waals surface area contributed by atoms with Gasteiger partial charge in [-0.15, -0.1) is 0 Å². The fraction of sp³-hybridized carbons (Fsp3) is 0.889. The smallest absolute Gasteiger partial charge is 0.307 e. The van der Waals surface area contributed by atoms with Gasteiger partial charge in [0.1, 0.15) is 0 Å². The van der Waals surface area contributed by atoms with Crippen LogP contribution in [0.2, 0.25) is 0 Å². The molecule has 1 saturated heterocycles. The molecule has 1 aliphatic heterocycles. The summed E-state index contributed by atoms with van der Waals surface area (Å²) in [5.74, 6) is 1.40. The monoisotopic (exact) mass is 203 g/mol. The van der Waals surface area contributed by atoms with E-state index in [-0.39, 0.29) is 5.92 Å². The Balaban J connectivity index is 2.13. The van der Waals surface area contributed by atoms with E-state index in [0.29, 0.717) is 12.6 Å². The minimum absolute atomic E-state index is 0.271. The lowest BCUT2D eigenvalue weighted by Gasteiger charge is -2.23. The van der Waals surface area contributed by atoms with E-state index in [9.17, 15) is 4.79 Å². The third kappa shape index (κ3) is 4.00. The second kappa shape index (κ2) is 5.50. The van der Waals surface area contributed by atoms with Crippen LogP contribution >= 0.6 is 11.8 Å². The molecule has 1 rings (SSSR count). The van der Waals surface area contributed by atoms with Gasteiger partial charge in [0.15, 0.2) is 0 Å². The largest absolute Gasteiger partial charge is 0.481 e. The Bertz CT molecular complexity index is 169. The van der Waals surface area contributed by atoms with Crippen molar-refractivity contribution in [3.63, 3.8) is 0 Å². The van der Waals surface area contributed by atoms with Crippen molar-refractivity contribution in [1.29, 1.82) is 0 Å². The van der Waals surface area contributed by atoms with Gasteiger partial charge in [0, 0.05) is 18.3 Å². The number of nitrogens with one attached hydrogen (secondary N) is 1. The second-order valence-corrected chi connectivity index (χ2v) is 4.71. The molecular formula is C9H17NO2S. The van der Waals surface area contributed by atoms with Crippen LogP contribution in [0.5, 0.6) is 0 Å². The molecule has 0 radical (unpaired) electrons. The van der Waals surface area contributed by atoms with Crippen molar-refractivity contribution in [1.82, 2.24) is 5.32 Å². The molecule has 2 atom stereocenters. The molecule has 0 aromatic heterocycles. The lowest BCUT2D eigenvalue weighted by atomic mass is 10.1. The molecule has 13 heavy (non-hydrogen) atoms. The molecule has 1 fully saturated rings. The van der Waals surface area contributed by atoms with Crippen LogP contribution in [0.3, 0.4) is 0 Å². The molecule has 1 aliphatic rings. The molecule has 0 saturated carbocycles. The predicted octanol–water partition coefficient (Wildman–Crippen LogP) is 1.19. The van der Waals surface area contributed by atoms with Crippen LogP contribution in [0.1, 0.15) is 19.8 Å². The van der Waals surface area contributed by atoms with Crippen LogP contribution in [0.15, 0.2) is 0 Å². The number of carbonyl (C=O) groups is 1. The molecule has 1 heterocycles. The summed E-state index contributed by atoms with van der Waals surface area (Å²) >= 11 is 1.95. The first-order valence-electron chi connectivity index (χ1n) is 4.74. The van der Waals surface area contributed by atoms with Gasteiger partial charge < -0.3 is 10.4 Å². The maximum atomic E-state index is 10.5. The maximum absolute atomic E-state index is 10.5. The number of carboxylic acids is 1. The standard InChI is InChI=1S/C9H17NO2S/c1-7(9(11)12)5-10-8-3-2-4-13-6-8/h7-8,10H,2-6H2,1H3,(H,11,12). The molecule has 0 bridgehead atoms. The summed E-state index contributed by atoms with van der Waals surface area (Å²) < 4.78 is 0. The fourth-order valence-corrected chi connectivity index (χ4v) is 2.44. The Kier molecular flexibility index (Phi) is 4.59. The fourth-order valence-electron chi connectivity index (χ4n) is 1.33. The topological polar surface area (TPSA) is 49.3 Å². The highest BCUT2D eigenvalue weighted by atomic mass is 32.2. The average Bonchev–Trinajstić information content (AvgIpc) is 2.15. The molecular weight excluding hydrogens is 186 g/mol. The third-order valence-electron chi connectivity index (χ3n) is 2.29. The molecule has 0 aromatic rings. The van der Waals surface area contributed by atoms with Gasteiger partial charge in [-0.05, 0) is 18.6 Å². The van der Waals surface area contributed by atoms with E-state index < -0.39 is 5.97 Å². The zero-order valence-electron chi connectivity index (χ0n) is 7.95.